The maximum atomic E-state index is 14.1. The molecule has 1 aromatic rings. The lowest BCUT2D eigenvalue weighted by Crippen LogP contribution is -2.39. The Morgan fingerprint density at radius 2 is 2.28 bits per heavy atom. The first-order valence-corrected chi connectivity index (χ1v) is 7.00. The molecule has 18 heavy (non-hydrogen) atoms. The van der Waals surface area contributed by atoms with Crippen molar-refractivity contribution in [3.05, 3.63) is 34.1 Å². The van der Waals surface area contributed by atoms with Crippen LogP contribution < -0.4 is 11.3 Å². The van der Waals surface area contributed by atoms with Gasteiger partial charge in [-0.1, -0.05) is 12.1 Å². The van der Waals surface area contributed by atoms with Crippen molar-refractivity contribution in [1.82, 2.24) is 5.43 Å². The molecular weight excluding hydrogens is 299 g/mol. The highest BCUT2D eigenvalue weighted by Crippen LogP contribution is 2.40. The van der Waals surface area contributed by atoms with E-state index in [0.29, 0.717) is 22.6 Å². The summed E-state index contributed by atoms with van der Waals surface area (Å²) < 4.78 is 20.3. The second-order valence-electron chi connectivity index (χ2n) is 4.54. The predicted molar refractivity (Wildman–Crippen MR) is 72.3 cm³/mol. The number of ether oxygens (including phenoxy) is 1. The Morgan fingerprint density at radius 1 is 1.56 bits per heavy atom. The second-order valence-corrected chi connectivity index (χ2v) is 5.40. The molecule has 1 aliphatic rings. The van der Waals surface area contributed by atoms with Gasteiger partial charge in [0.25, 0.3) is 0 Å². The van der Waals surface area contributed by atoms with Crippen LogP contribution in [-0.4, -0.2) is 12.7 Å². The van der Waals surface area contributed by atoms with E-state index in [0.717, 1.165) is 12.8 Å². The quantitative estimate of drug-likeness (QED) is 0.626. The molecular formula is C13H18BrFN2O. The molecule has 0 heterocycles. The van der Waals surface area contributed by atoms with Gasteiger partial charge in [-0.3, -0.25) is 11.3 Å². The fourth-order valence-corrected chi connectivity index (χ4v) is 2.63. The van der Waals surface area contributed by atoms with E-state index in [1.54, 1.807) is 12.1 Å². The second kappa shape index (κ2) is 6.10. The largest absolute Gasteiger partial charge is 0.376 e. The number of rotatable bonds is 6. The molecule has 100 valence electrons. The van der Waals surface area contributed by atoms with Gasteiger partial charge in [0.2, 0.25) is 0 Å². The maximum absolute atomic E-state index is 14.1. The number of halogens is 2. The normalized spacial score (nSPS) is 18.7. The highest BCUT2D eigenvalue weighted by molar-refractivity contribution is 9.10. The average molecular weight is 317 g/mol. The minimum atomic E-state index is -0.310. The summed E-state index contributed by atoms with van der Waals surface area (Å²) in [5, 5.41) is 0. The summed E-state index contributed by atoms with van der Waals surface area (Å²) >= 11 is 3.20. The summed E-state index contributed by atoms with van der Waals surface area (Å²) in [5.41, 5.74) is 3.26. The van der Waals surface area contributed by atoms with Crippen LogP contribution in [0.2, 0.25) is 0 Å². The van der Waals surface area contributed by atoms with Gasteiger partial charge >= 0.3 is 0 Å². The van der Waals surface area contributed by atoms with E-state index >= 15 is 0 Å². The van der Waals surface area contributed by atoms with Crippen molar-refractivity contribution in [2.75, 3.05) is 6.61 Å². The molecule has 0 amide bonds. The van der Waals surface area contributed by atoms with Gasteiger partial charge < -0.3 is 4.74 Å². The van der Waals surface area contributed by atoms with Crippen LogP contribution in [-0.2, 0) is 4.74 Å². The summed E-state index contributed by atoms with van der Waals surface area (Å²) in [6.45, 7) is 2.55. The minimum Gasteiger partial charge on any atom is -0.376 e. The standard InChI is InChI=1S/C13H18BrFN2O/c1-2-18-13(8-6-7-8)12(17-16)9-4-3-5-10(14)11(9)15/h3-5,8,12-13,17H,2,6-7,16H2,1H3. The first-order valence-electron chi connectivity index (χ1n) is 6.20. The Morgan fingerprint density at radius 3 is 2.83 bits per heavy atom. The smallest absolute Gasteiger partial charge is 0.142 e. The summed E-state index contributed by atoms with van der Waals surface area (Å²) in [6, 6.07) is 4.93. The maximum Gasteiger partial charge on any atom is 0.142 e. The number of hydrogen-bond donors (Lipinski definition) is 2. The van der Waals surface area contributed by atoms with Crippen LogP contribution >= 0.6 is 15.9 Å². The number of benzene rings is 1. The topological polar surface area (TPSA) is 47.3 Å². The lowest BCUT2D eigenvalue weighted by Gasteiger charge is -2.27. The average Bonchev–Trinajstić information content (AvgIpc) is 3.18. The minimum absolute atomic E-state index is 0.0659. The molecule has 0 aromatic heterocycles. The first-order chi connectivity index (χ1) is 8.69. The molecule has 0 bridgehead atoms. The number of nitrogens with one attached hydrogen (secondary N) is 1. The molecule has 2 unspecified atom stereocenters. The molecule has 2 rings (SSSR count). The molecule has 5 heteroatoms. The monoisotopic (exact) mass is 316 g/mol. The highest BCUT2D eigenvalue weighted by Gasteiger charge is 2.38. The van der Waals surface area contributed by atoms with Crippen molar-refractivity contribution in [2.24, 2.45) is 11.8 Å². The van der Waals surface area contributed by atoms with Crippen LogP contribution in [0.4, 0.5) is 4.39 Å². The summed E-state index contributed by atoms with van der Waals surface area (Å²) in [4.78, 5) is 0. The fourth-order valence-electron chi connectivity index (χ4n) is 2.24. The van der Waals surface area contributed by atoms with E-state index in [1.807, 2.05) is 13.0 Å². The molecule has 1 aliphatic carbocycles. The molecule has 0 spiro atoms. The highest BCUT2D eigenvalue weighted by atomic mass is 79.9. The first kappa shape index (κ1) is 13.9. The van der Waals surface area contributed by atoms with Gasteiger partial charge in [-0.15, -0.1) is 0 Å². The molecule has 1 aromatic carbocycles. The van der Waals surface area contributed by atoms with Gasteiger partial charge in [0.1, 0.15) is 5.82 Å². The number of hydrogen-bond acceptors (Lipinski definition) is 3. The van der Waals surface area contributed by atoms with E-state index in [4.69, 9.17) is 10.6 Å². The summed E-state index contributed by atoms with van der Waals surface area (Å²) in [5.74, 6) is 5.81. The SMILES string of the molecule is CCOC(C1CC1)C(NN)c1cccc(Br)c1F. The fraction of sp³-hybridized carbons (Fsp3) is 0.538. The third-order valence-electron chi connectivity index (χ3n) is 3.27. The van der Waals surface area contributed by atoms with Gasteiger partial charge in [0, 0.05) is 12.2 Å². The van der Waals surface area contributed by atoms with Crippen molar-refractivity contribution in [3.63, 3.8) is 0 Å². The van der Waals surface area contributed by atoms with E-state index in [-0.39, 0.29) is 18.0 Å². The molecule has 2 atom stereocenters. The number of nitrogens with two attached hydrogens (primary N) is 1. The summed E-state index contributed by atoms with van der Waals surface area (Å²) in [6.07, 6.45) is 2.18. The predicted octanol–water partition coefficient (Wildman–Crippen LogP) is 2.91. The molecule has 1 saturated carbocycles. The zero-order valence-corrected chi connectivity index (χ0v) is 11.9. The van der Waals surface area contributed by atoms with Crippen LogP contribution in [0, 0.1) is 11.7 Å². The lowest BCUT2D eigenvalue weighted by atomic mass is 9.98. The molecule has 0 radical (unpaired) electrons. The van der Waals surface area contributed by atoms with Crippen molar-refractivity contribution < 1.29 is 9.13 Å². The van der Waals surface area contributed by atoms with E-state index in [1.165, 1.54) is 0 Å². The Bertz CT molecular complexity index is 412. The van der Waals surface area contributed by atoms with Crippen LogP contribution in [0.25, 0.3) is 0 Å². The van der Waals surface area contributed by atoms with Gasteiger partial charge in [0.05, 0.1) is 16.6 Å². The molecule has 0 aliphatic heterocycles. The third kappa shape index (κ3) is 2.91. The van der Waals surface area contributed by atoms with Crippen molar-refractivity contribution in [2.45, 2.75) is 31.9 Å². The summed E-state index contributed by atoms with van der Waals surface area (Å²) in [7, 11) is 0. The van der Waals surface area contributed by atoms with Gasteiger partial charge in [-0.2, -0.15) is 0 Å². The zero-order chi connectivity index (χ0) is 13.1. The van der Waals surface area contributed by atoms with E-state index in [9.17, 15) is 4.39 Å². The van der Waals surface area contributed by atoms with Gasteiger partial charge in [-0.05, 0) is 47.7 Å². The third-order valence-corrected chi connectivity index (χ3v) is 3.88. The van der Waals surface area contributed by atoms with Crippen LogP contribution in [0.1, 0.15) is 31.4 Å². The van der Waals surface area contributed by atoms with Crippen molar-refractivity contribution in [3.8, 4) is 0 Å². The lowest BCUT2D eigenvalue weighted by molar-refractivity contribution is 0.0176. The van der Waals surface area contributed by atoms with Crippen LogP contribution in [0.15, 0.2) is 22.7 Å². The van der Waals surface area contributed by atoms with Gasteiger partial charge in [-0.25, -0.2) is 4.39 Å². The van der Waals surface area contributed by atoms with E-state index in [2.05, 4.69) is 21.4 Å². The molecule has 3 nitrogen and oxygen atoms in total. The van der Waals surface area contributed by atoms with Crippen molar-refractivity contribution >= 4 is 15.9 Å². The van der Waals surface area contributed by atoms with Crippen molar-refractivity contribution in [1.29, 1.82) is 0 Å². The Labute approximate surface area is 115 Å². The zero-order valence-electron chi connectivity index (χ0n) is 10.3. The molecule has 1 fully saturated rings. The van der Waals surface area contributed by atoms with Crippen LogP contribution in [0.5, 0.6) is 0 Å². The Kier molecular flexibility index (Phi) is 4.72. The molecule has 3 N–H and O–H groups in total. The van der Waals surface area contributed by atoms with Crippen LogP contribution in [0.3, 0.4) is 0 Å². The van der Waals surface area contributed by atoms with E-state index < -0.39 is 0 Å². The molecule has 0 saturated heterocycles. The van der Waals surface area contributed by atoms with Gasteiger partial charge in [0.15, 0.2) is 0 Å². The Hall–Kier alpha value is -0.490. The Balaban J connectivity index is 2.28. The number of hydrazine groups is 1.